The molecule has 116 valence electrons. The van der Waals surface area contributed by atoms with Gasteiger partial charge in [-0.1, -0.05) is 46.9 Å². The van der Waals surface area contributed by atoms with Crippen molar-refractivity contribution >= 4 is 46.4 Å². The monoisotopic (exact) mass is 361 g/mol. The van der Waals surface area contributed by atoms with Crippen molar-refractivity contribution in [3.8, 4) is 5.75 Å². The fourth-order valence-electron chi connectivity index (χ4n) is 1.67. The lowest BCUT2D eigenvalue weighted by Crippen LogP contribution is -2.30. The summed E-state index contributed by atoms with van der Waals surface area (Å²) < 4.78 is 18.8. The fraction of sp³-hybridized carbons (Fsp3) is 0.133. The minimum absolute atomic E-state index is 0.0153. The van der Waals surface area contributed by atoms with Crippen LogP contribution in [0.2, 0.25) is 15.1 Å². The molecule has 1 N–H and O–H groups in total. The van der Waals surface area contributed by atoms with E-state index in [1.165, 1.54) is 37.3 Å². The molecule has 2 aromatic rings. The second-order valence-electron chi connectivity index (χ2n) is 4.42. The van der Waals surface area contributed by atoms with Crippen molar-refractivity contribution in [1.29, 1.82) is 0 Å². The largest absolute Gasteiger partial charge is 0.478 e. The number of halogens is 4. The number of ether oxygens (including phenoxy) is 1. The molecule has 2 rings (SSSR count). The Bertz CT molecular complexity index is 686. The van der Waals surface area contributed by atoms with E-state index < -0.39 is 17.8 Å². The van der Waals surface area contributed by atoms with Gasteiger partial charge in [-0.25, -0.2) is 4.39 Å². The van der Waals surface area contributed by atoms with Crippen molar-refractivity contribution in [2.45, 2.75) is 13.0 Å². The van der Waals surface area contributed by atoms with E-state index in [0.717, 1.165) is 0 Å². The van der Waals surface area contributed by atoms with Gasteiger partial charge in [0.1, 0.15) is 0 Å². The van der Waals surface area contributed by atoms with Crippen LogP contribution in [-0.4, -0.2) is 12.0 Å². The predicted octanol–water partition coefficient (Wildman–Crippen LogP) is 5.19. The molecular weight excluding hydrogens is 352 g/mol. The van der Waals surface area contributed by atoms with Crippen LogP contribution < -0.4 is 10.1 Å². The maximum Gasteiger partial charge on any atom is 0.265 e. The zero-order valence-corrected chi connectivity index (χ0v) is 13.6. The molecule has 3 nitrogen and oxygen atoms in total. The second-order valence-corrected chi connectivity index (χ2v) is 5.68. The molecule has 0 bridgehead atoms. The van der Waals surface area contributed by atoms with Crippen LogP contribution in [-0.2, 0) is 4.79 Å². The van der Waals surface area contributed by atoms with Gasteiger partial charge in [0.05, 0.1) is 15.7 Å². The van der Waals surface area contributed by atoms with Gasteiger partial charge in [0.2, 0.25) is 0 Å². The van der Waals surface area contributed by atoms with Crippen molar-refractivity contribution in [2.24, 2.45) is 0 Å². The highest BCUT2D eigenvalue weighted by Gasteiger charge is 2.19. The molecule has 0 aliphatic carbocycles. The molecule has 0 aliphatic heterocycles. The third kappa shape index (κ3) is 4.03. The summed E-state index contributed by atoms with van der Waals surface area (Å²) in [5.41, 5.74) is 0.224. The van der Waals surface area contributed by atoms with Crippen molar-refractivity contribution < 1.29 is 13.9 Å². The first kappa shape index (κ1) is 16.9. The SMILES string of the molecule is C[C@@H](Oc1ccccc1F)C(=O)Nc1c(Cl)cc(Cl)cc1Cl. The smallest absolute Gasteiger partial charge is 0.265 e. The van der Waals surface area contributed by atoms with Crippen LogP contribution in [0.15, 0.2) is 36.4 Å². The number of rotatable bonds is 4. The average molecular weight is 363 g/mol. The van der Waals surface area contributed by atoms with Gasteiger partial charge in [-0.3, -0.25) is 4.79 Å². The Labute approximate surface area is 141 Å². The van der Waals surface area contributed by atoms with Gasteiger partial charge in [-0.15, -0.1) is 0 Å². The van der Waals surface area contributed by atoms with Crippen LogP contribution in [0.1, 0.15) is 6.92 Å². The van der Waals surface area contributed by atoms with Crippen LogP contribution >= 0.6 is 34.8 Å². The molecule has 1 amide bonds. The standard InChI is InChI=1S/C15H11Cl3FNO2/c1-8(22-13-5-3-2-4-12(13)19)15(21)20-14-10(17)6-9(16)7-11(14)18/h2-8H,1H3,(H,20,21)/t8-/m1/s1. The summed E-state index contributed by atoms with van der Waals surface area (Å²) in [5.74, 6) is -1.09. The molecule has 7 heteroatoms. The van der Waals surface area contributed by atoms with E-state index in [1.807, 2.05) is 0 Å². The Morgan fingerprint density at radius 1 is 1.18 bits per heavy atom. The van der Waals surface area contributed by atoms with Crippen molar-refractivity contribution in [3.05, 3.63) is 57.3 Å². The number of carbonyl (C=O) groups excluding carboxylic acids is 1. The molecule has 0 saturated heterocycles. The summed E-state index contributed by atoms with van der Waals surface area (Å²) in [4.78, 5) is 12.1. The van der Waals surface area contributed by atoms with E-state index in [0.29, 0.717) is 5.02 Å². The average Bonchev–Trinajstić information content (AvgIpc) is 2.45. The van der Waals surface area contributed by atoms with Crippen LogP contribution in [0.4, 0.5) is 10.1 Å². The minimum atomic E-state index is -0.945. The Morgan fingerprint density at radius 3 is 2.36 bits per heavy atom. The summed E-state index contributed by atoms with van der Waals surface area (Å²) in [6.07, 6.45) is -0.945. The van der Waals surface area contributed by atoms with Crippen LogP contribution in [0.5, 0.6) is 5.75 Å². The van der Waals surface area contributed by atoms with E-state index in [-0.39, 0.29) is 21.5 Å². The number of nitrogens with one attached hydrogen (secondary N) is 1. The third-order valence-corrected chi connectivity index (χ3v) is 3.58. The van der Waals surface area contributed by atoms with Crippen molar-refractivity contribution in [3.63, 3.8) is 0 Å². The lowest BCUT2D eigenvalue weighted by molar-refractivity contribution is -0.122. The lowest BCUT2D eigenvalue weighted by atomic mass is 10.3. The molecule has 0 spiro atoms. The molecule has 0 radical (unpaired) electrons. The summed E-state index contributed by atoms with van der Waals surface area (Å²) >= 11 is 17.8. The topological polar surface area (TPSA) is 38.3 Å². The van der Waals surface area contributed by atoms with Gasteiger partial charge in [-0.05, 0) is 31.2 Å². The zero-order chi connectivity index (χ0) is 16.3. The second kappa shape index (κ2) is 7.18. The first-order chi connectivity index (χ1) is 10.4. The molecule has 0 aliphatic rings. The summed E-state index contributed by atoms with van der Waals surface area (Å²) in [6, 6.07) is 8.71. The van der Waals surface area contributed by atoms with E-state index in [1.54, 1.807) is 6.07 Å². The Balaban J connectivity index is 2.11. The molecule has 0 saturated carbocycles. The molecule has 0 heterocycles. The fourth-order valence-corrected chi connectivity index (χ4v) is 2.58. The summed E-state index contributed by atoms with van der Waals surface area (Å²) in [6.45, 7) is 1.49. The molecule has 1 atom stereocenters. The summed E-state index contributed by atoms with van der Waals surface area (Å²) in [5, 5.41) is 3.28. The van der Waals surface area contributed by atoms with Gasteiger partial charge in [0.25, 0.3) is 5.91 Å². The van der Waals surface area contributed by atoms with Gasteiger partial charge in [0, 0.05) is 5.02 Å². The normalized spacial score (nSPS) is 11.9. The molecule has 2 aromatic carbocycles. The lowest BCUT2D eigenvalue weighted by Gasteiger charge is -2.16. The molecular formula is C15H11Cl3FNO2. The molecule has 0 fully saturated rings. The van der Waals surface area contributed by atoms with E-state index in [9.17, 15) is 9.18 Å². The number of anilines is 1. The Morgan fingerprint density at radius 2 is 1.77 bits per heavy atom. The maximum absolute atomic E-state index is 13.5. The highest BCUT2D eigenvalue weighted by molar-refractivity contribution is 6.42. The number of benzene rings is 2. The number of hydrogen-bond acceptors (Lipinski definition) is 2. The van der Waals surface area contributed by atoms with Gasteiger partial charge in [-0.2, -0.15) is 0 Å². The highest BCUT2D eigenvalue weighted by atomic mass is 35.5. The molecule has 22 heavy (non-hydrogen) atoms. The molecule has 0 unspecified atom stereocenters. The van der Waals surface area contributed by atoms with Gasteiger partial charge >= 0.3 is 0 Å². The third-order valence-electron chi connectivity index (χ3n) is 2.76. The molecule has 0 aromatic heterocycles. The predicted molar refractivity (Wildman–Crippen MR) is 86.6 cm³/mol. The number of hydrogen-bond donors (Lipinski definition) is 1. The first-order valence-electron chi connectivity index (χ1n) is 6.25. The van der Waals surface area contributed by atoms with E-state index in [2.05, 4.69) is 5.32 Å². The van der Waals surface area contributed by atoms with Crippen molar-refractivity contribution in [1.82, 2.24) is 0 Å². The van der Waals surface area contributed by atoms with Gasteiger partial charge < -0.3 is 10.1 Å². The van der Waals surface area contributed by atoms with Crippen molar-refractivity contribution in [2.75, 3.05) is 5.32 Å². The quantitative estimate of drug-likeness (QED) is 0.812. The summed E-state index contributed by atoms with van der Waals surface area (Å²) in [7, 11) is 0. The number of carbonyl (C=O) groups is 1. The first-order valence-corrected chi connectivity index (χ1v) is 7.38. The maximum atomic E-state index is 13.5. The highest BCUT2D eigenvalue weighted by Crippen LogP contribution is 2.33. The van der Waals surface area contributed by atoms with Gasteiger partial charge in [0.15, 0.2) is 17.7 Å². The number of amides is 1. The van der Waals surface area contributed by atoms with E-state index >= 15 is 0 Å². The zero-order valence-electron chi connectivity index (χ0n) is 11.4. The Hall–Kier alpha value is -1.49. The Kier molecular flexibility index (Phi) is 5.51. The van der Waals surface area contributed by atoms with Crippen LogP contribution in [0.3, 0.4) is 0 Å². The van der Waals surface area contributed by atoms with Crippen LogP contribution in [0.25, 0.3) is 0 Å². The minimum Gasteiger partial charge on any atom is -0.478 e. The van der Waals surface area contributed by atoms with E-state index in [4.69, 9.17) is 39.5 Å². The van der Waals surface area contributed by atoms with Crippen LogP contribution in [0, 0.1) is 5.82 Å². The number of para-hydroxylation sites is 1.